The van der Waals surface area contributed by atoms with Crippen LogP contribution in [0.15, 0.2) is 60.7 Å². The van der Waals surface area contributed by atoms with Crippen LogP contribution >= 0.6 is 0 Å². The van der Waals surface area contributed by atoms with Crippen LogP contribution in [0.25, 0.3) is 0 Å². The van der Waals surface area contributed by atoms with Gasteiger partial charge < -0.3 is 4.90 Å². The Morgan fingerprint density at radius 2 is 1.00 bits per heavy atom. The lowest BCUT2D eigenvalue weighted by Gasteiger charge is -2.29. The third-order valence-corrected chi connectivity index (χ3v) is 5.54. The molecule has 0 unspecified atom stereocenters. The molecule has 0 atom stereocenters. The van der Waals surface area contributed by atoms with Gasteiger partial charge in [-0.05, 0) is 33.0 Å². The lowest BCUT2D eigenvalue weighted by molar-refractivity contribution is 0.0792. The molecule has 0 saturated carbocycles. The number of hydrogen-bond donors (Lipinski definition) is 0. The Morgan fingerprint density at radius 3 is 1.32 bits per heavy atom. The Morgan fingerprint density at radius 1 is 0.679 bits per heavy atom. The fourth-order valence-electron chi connectivity index (χ4n) is 3.24. The van der Waals surface area contributed by atoms with Crippen molar-refractivity contribution >= 4 is 11.6 Å². The summed E-state index contributed by atoms with van der Waals surface area (Å²) in [5.74, 6) is 0.363. The van der Waals surface area contributed by atoms with E-state index in [9.17, 15) is 9.59 Å². The molecule has 0 heterocycles. The van der Waals surface area contributed by atoms with Crippen LogP contribution in [-0.4, -0.2) is 36.6 Å². The van der Waals surface area contributed by atoms with Gasteiger partial charge in [0.2, 0.25) is 0 Å². The third-order valence-electron chi connectivity index (χ3n) is 5.54. The van der Waals surface area contributed by atoms with Gasteiger partial charge in [-0.25, -0.2) is 0 Å². The van der Waals surface area contributed by atoms with Crippen LogP contribution in [0, 0.1) is 10.8 Å². The van der Waals surface area contributed by atoms with Gasteiger partial charge in [-0.15, -0.1) is 0 Å². The number of benzene rings is 2. The summed E-state index contributed by atoms with van der Waals surface area (Å²) in [6.45, 7) is 9.69. The van der Waals surface area contributed by atoms with Crippen LogP contribution in [0.5, 0.6) is 0 Å². The smallest absolute Gasteiger partial charge is 0.168 e. The van der Waals surface area contributed by atoms with Crippen LogP contribution in [0.1, 0.15) is 61.3 Å². The molecule has 0 aromatic heterocycles. The van der Waals surface area contributed by atoms with Crippen molar-refractivity contribution in [1.82, 2.24) is 4.90 Å². The molecule has 0 amide bonds. The topological polar surface area (TPSA) is 37.4 Å². The molecule has 0 aliphatic heterocycles. The summed E-state index contributed by atoms with van der Waals surface area (Å²) < 4.78 is 0. The molecule has 0 aliphatic rings. The first kappa shape index (κ1) is 22.0. The fraction of sp³-hybridized carbons (Fsp3) is 0.440. The van der Waals surface area contributed by atoms with Crippen molar-refractivity contribution < 1.29 is 9.59 Å². The number of hydrogen-bond acceptors (Lipinski definition) is 3. The van der Waals surface area contributed by atoms with Crippen LogP contribution in [0.3, 0.4) is 0 Å². The fourth-order valence-corrected chi connectivity index (χ4v) is 3.24. The summed E-state index contributed by atoms with van der Waals surface area (Å²) in [5, 5.41) is 0. The molecule has 28 heavy (non-hydrogen) atoms. The van der Waals surface area contributed by atoms with Gasteiger partial charge in [0.1, 0.15) is 0 Å². The molecule has 0 radical (unpaired) electrons. The van der Waals surface area contributed by atoms with Crippen molar-refractivity contribution in [3.05, 3.63) is 71.8 Å². The van der Waals surface area contributed by atoms with Gasteiger partial charge in [0, 0.05) is 22.0 Å². The SMILES string of the molecule is CN(CCC(C)(C)C(=O)c1ccccc1)CCC(C)(C)C(=O)c1ccccc1. The number of nitrogens with zero attached hydrogens (tertiary/aromatic N) is 1. The van der Waals surface area contributed by atoms with Gasteiger partial charge in [0.15, 0.2) is 11.6 Å². The minimum atomic E-state index is -0.412. The number of carbonyl (C=O) groups is 2. The van der Waals surface area contributed by atoms with Crippen molar-refractivity contribution in [3.63, 3.8) is 0 Å². The molecule has 3 heteroatoms. The molecule has 2 aromatic rings. The lowest BCUT2D eigenvalue weighted by atomic mass is 9.80. The van der Waals surface area contributed by atoms with Gasteiger partial charge in [0.25, 0.3) is 0 Å². The second-order valence-electron chi connectivity index (χ2n) is 8.96. The zero-order valence-corrected chi connectivity index (χ0v) is 17.9. The Kier molecular flexibility index (Phi) is 7.31. The first-order valence-electron chi connectivity index (χ1n) is 10.0. The van der Waals surface area contributed by atoms with E-state index in [0.29, 0.717) is 0 Å². The highest BCUT2D eigenvalue weighted by molar-refractivity contribution is 6.00. The van der Waals surface area contributed by atoms with Crippen molar-refractivity contribution in [2.75, 3.05) is 20.1 Å². The number of rotatable bonds is 10. The highest BCUT2D eigenvalue weighted by Crippen LogP contribution is 2.28. The summed E-state index contributed by atoms with van der Waals surface area (Å²) in [6, 6.07) is 19.0. The Hall–Kier alpha value is -2.26. The van der Waals surface area contributed by atoms with Gasteiger partial charge in [-0.1, -0.05) is 88.4 Å². The second-order valence-corrected chi connectivity index (χ2v) is 8.96. The normalized spacial score (nSPS) is 12.2. The molecular weight excluding hydrogens is 346 g/mol. The van der Waals surface area contributed by atoms with Gasteiger partial charge in [-0.2, -0.15) is 0 Å². The standard InChI is InChI=1S/C25H33NO2/c1-24(2,22(27)20-12-8-6-9-13-20)16-18-26(5)19-17-25(3,4)23(28)21-14-10-7-11-15-21/h6-15H,16-19H2,1-5H3. The van der Waals surface area contributed by atoms with Crippen molar-refractivity contribution in [2.24, 2.45) is 10.8 Å². The number of carbonyl (C=O) groups excluding carboxylic acids is 2. The second kappa shape index (κ2) is 9.29. The van der Waals surface area contributed by atoms with E-state index in [4.69, 9.17) is 0 Å². The molecular formula is C25H33NO2. The monoisotopic (exact) mass is 379 g/mol. The molecule has 0 fully saturated rings. The quantitative estimate of drug-likeness (QED) is 0.510. The zero-order valence-electron chi connectivity index (χ0n) is 17.9. The molecule has 150 valence electrons. The van der Waals surface area contributed by atoms with Gasteiger partial charge in [-0.3, -0.25) is 9.59 Å². The molecule has 2 aromatic carbocycles. The van der Waals surface area contributed by atoms with Crippen LogP contribution < -0.4 is 0 Å². The molecule has 0 bridgehead atoms. The zero-order chi connectivity index (χ0) is 20.8. The van der Waals surface area contributed by atoms with Crippen LogP contribution in [0.2, 0.25) is 0 Å². The van der Waals surface area contributed by atoms with Crippen LogP contribution in [-0.2, 0) is 0 Å². The number of ketones is 2. The van der Waals surface area contributed by atoms with E-state index in [0.717, 1.165) is 37.1 Å². The highest BCUT2D eigenvalue weighted by atomic mass is 16.1. The van der Waals surface area contributed by atoms with Gasteiger partial charge in [0.05, 0.1) is 0 Å². The molecule has 3 nitrogen and oxygen atoms in total. The average molecular weight is 380 g/mol. The van der Waals surface area contributed by atoms with E-state index < -0.39 is 10.8 Å². The first-order valence-corrected chi connectivity index (χ1v) is 10.0. The first-order chi connectivity index (χ1) is 13.1. The van der Waals surface area contributed by atoms with E-state index >= 15 is 0 Å². The summed E-state index contributed by atoms with van der Waals surface area (Å²) in [6.07, 6.45) is 1.56. The Balaban J connectivity index is 1.87. The van der Waals surface area contributed by atoms with E-state index in [2.05, 4.69) is 11.9 Å². The van der Waals surface area contributed by atoms with Crippen molar-refractivity contribution in [2.45, 2.75) is 40.5 Å². The summed E-state index contributed by atoms with van der Waals surface area (Å²) in [5.41, 5.74) is 0.713. The van der Waals surface area contributed by atoms with Crippen molar-refractivity contribution in [1.29, 1.82) is 0 Å². The maximum Gasteiger partial charge on any atom is 0.168 e. The minimum absolute atomic E-state index is 0.182. The summed E-state index contributed by atoms with van der Waals surface area (Å²) in [7, 11) is 2.06. The summed E-state index contributed by atoms with van der Waals surface area (Å²) in [4.78, 5) is 27.8. The van der Waals surface area contributed by atoms with Gasteiger partial charge >= 0.3 is 0 Å². The van der Waals surface area contributed by atoms with Crippen molar-refractivity contribution in [3.8, 4) is 0 Å². The molecule has 0 aliphatic carbocycles. The van der Waals surface area contributed by atoms with E-state index in [1.807, 2.05) is 88.4 Å². The molecule has 2 rings (SSSR count). The Bertz CT molecular complexity index is 711. The van der Waals surface area contributed by atoms with E-state index in [-0.39, 0.29) is 11.6 Å². The summed E-state index contributed by atoms with van der Waals surface area (Å²) >= 11 is 0. The van der Waals surface area contributed by atoms with E-state index in [1.54, 1.807) is 0 Å². The molecule has 0 saturated heterocycles. The highest BCUT2D eigenvalue weighted by Gasteiger charge is 2.30. The largest absolute Gasteiger partial charge is 0.306 e. The maximum atomic E-state index is 12.8. The van der Waals surface area contributed by atoms with Crippen LogP contribution in [0.4, 0.5) is 0 Å². The minimum Gasteiger partial charge on any atom is -0.306 e. The van der Waals surface area contributed by atoms with E-state index in [1.165, 1.54) is 0 Å². The predicted molar refractivity (Wildman–Crippen MR) is 116 cm³/mol. The number of Topliss-reactive ketones (excluding diaryl/α,β-unsaturated/α-hetero) is 2. The predicted octanol–water partition coefficient (Wildman–Crippen LogP) is 5.52. The average Bonchev–Trinajstić information content (AvgIpc) is 2.71. The molecule has 0 N–H and O–H groups in total. The lowest BCUT2D eigenvalue weighted by Crippen LogP contribution is -2.34. The Labute approximate surface area is 169 Å². The maximum absolute atomic E-state index is 12.8. The molecule has 0 spiro atoms. The third kappa shape index (κ3) is 5.87.